The number of esters is 1. The number of furan rings is 1. The monoisotopic (exact) mass is 341 g/mol. The second-order valence-electron chi connectivity index (χ2n) is 5.50. The average Bonchev–Trinajstić information content (AvgIpc) is 3.28. The van der Waals surface area contributed by atoms with E-state index < -0.39 is 0 Å². The van der Waals surface area contributed by atoms with Crippen molar-refractivity contribution >= 4 is 17.3 Å². The van der Waals surface area contributed by atoms with Crippen molar-refractivity contribution in [3.8, 4) is 0 Å². The van der Waals surface area contributed by atoms with Crippen LogP contribution in [0.1, 0.15) is 26.6 Å². The zero-order chi connectivity index (χ0) is 16.8. The molecule has 24 heavy (non-hydrogen) atoms. The molecule has 2 heterocycles. The summed E-state index contributed by atoms with van der Waals surface area (Å²) < 4.78 is 10.3. The van der Waals surface area contributed by atoms with Crippen LogP contribution >= 0.6 is 11.3 Å². The van der Waals surface area contributed by atoms with Crippen LogP contribution in [-0.4, -0.2) is 18.0 Å². The maximum Gasteiger partial charge on any atom is 0.337 e. The number of benzene rings is 1. The minimum atomic E-state index is -0.312. The van der Waals surface area contributed by atoms with Crippen LogP contribution in [0.25, 0.3) is 0 Å². The molecule has 0 saturated carbocycles. The third-order valence-corrected chi connectivity index (χ3v) is 4.53. The normalized spacial score (nSPS) is 10.9. The highest BCUT2D eigenvalue weighted by atomic mass is 32.1. The number of ether oxygens (including phenoxy) is 1. The van der Waals surface area contributed by atoms with Gasteiger partial charge in [-0.15, -0.1) is 11.3 Å². The number of carbonyl (C=O) groups excluding carboxylic acids is 1. The number of hydrogen-bond donors (Lipinski definition) is 0. The van der Waals surface area contributed by atoms with Gasteiger partial charge in [-0.25, -0.2) is 4.79 Å². The SMILES string of the molecule is COC(=O)c1cccc(CN(Cc2ccco2)Cc2cccs2)c1. The third-order valence-electron chi connectivity index (χ3n) is 3.67. The average molecular weight is 341 g/mol. The highest BCUT2D eigenvalue weighted by molar-refractivity contribution is 7.09. The molecular formula is C19H19NO3S. The summed E-state index contributed by atoms with van der Waals surface area (Å²) in [4.78, 5) is 15.3. The highest BCUT2D eigenvalue weighted by Crippen LogP contribution is 2.18. The van der Waals surface area contributed by atoms with Gasteiger partial charge in [0.05, 0.1) is 25.5 Å². The molecule has 0 radical (unpaired) electrons. The van der Waals surface area contributed by atoms with Crippen molar-refractivity contribution in [3.05, 3.63) is 81.9 Å². The lowest BCUT2D eigenvalue weighted by molar-refractivity contribution is 0.0600. The van der Waals surface area contributed by atoms with E-state index in [1.165, 1.54) is 12.0 Å². The van der Waals surface area contributed by atoms with Crippen LogP contribution in [0.15, 0.2) is 64.6 Å². The number of methoxy groups -OCH3 is 1. The Bertz CT molecular complexity index is 730. The summed E-state index contributed by atoms with van der Waals surface area (Å²) in [6.45, 7) is 2.28. The second-order valence-corrected chi connectivity index (χ2v) is 6.53. The summed E-state index contributed by atoms with van der Waals surface area (Å²) in [5.74, 6) is 0.614. The molecule has 0 atom stereocenters. The van der Waals surface area contributed by atoms with Gasteiger partial charge in [0.1, 0.15) is 5.76 Å². The third kappa shape index (κ3) is 4.34. The molecule has 3 aromatic rings. The van der Waals surface area contributed by atoms with Crippen molar-refractivity contribution in [2.24, 2.45) is 0 Å². The lowest BCUT2D eigenvalue weighted by Gasteiger charge is -2.21. The maximum absolute atomic E-state index is 11.7. The molecule has 0 N–H and O–H groups in total. The Morgan fingerprint density at radius 1 is 1.12 bits per heavy atom. The minimum Gasteiger partial charge on any atom is -0.468 e. The standard InChI is InChI=1S/C19H19NO3S/c1-22-19(21)16-6-2-5-15(11-16)12-20(13-17-7-3-9-23-17)14-18-8-4-10-24-18/h2-11H,12-14H2,1H3. The molecule has 0 spiro atoms. The Morgan fingerprint density at radius 3 is 2.75 bits per heavy atom. The number of carbonyl (C=O) groups is 1. The van der Waals surface area contributed by atoms with Gasteiger partial charge in [-0.05, 0) is 41.3 Å². The van der Waals surface area contributed by atoms with E-state index in [2.05, 4.69) is 22.4 Å². The van der Waals surface area contributed by atoms with E-state index in [0.717, 1.165) is 24.4 Å². The molecule has 0 bridgehead atoms. The molecule has 4 nitrogen and oxygen atoms in total. The smallest absolute Gasteiger partial charge is 0.337 e. The fourth-order valence-corrected chi connectivity index (χ4v) is 3.33. The van der Waals surface area contributed by atoms with Crippen molar-refractivity contribution in [3.63, 3.8) is 0 Å². The molecule has 0 fully saturated rings. The molecule has 0 saturated heterocycles. The summed E-state index contributed by atoms with van der Waals surface area (Å²) in [6, 6.07) is 15.6. The molecule has 0 aliphatic carbocycles. The van der Waals surface area contributed by atoms with Gasteiger partial charge in [0, 0.05) is 18.0 Å². The molecule has 124 valence electrons. The van der Waals surface area contributed by atoms with E-state index in [1.807, 2.05) is 30.3 Å². The summed E-state index contributed by atoms with van der Waals surface area (Å²) in [6.07, 6.45) is 1.69. The van der Waals surface area contributed by atoms with Crippen molar-refractivity contribution < 1.29 is 13.9 Å². The van der Waals surface area contributed by atoms with Gasteiger partial charge in [0.15, 0.2) is 0 Å². The Hall–Kier alpha value is -2.37. The maximum atomic E-state index is 11.7. The van der Waals surface area contributed by atoms with Gasteiger partial charge in [0.2, 0.25) is 0 Å². The number of rotatable bonds is 7. The fourth-order valence-electron chi connectivity index (χ4n) is 2.59. The van der Waals surface area contributed by atoms with Crippen molar-refractivity contribution in [1.29, 1.82) is 0 Å². The van der Waals surface area contributed by atoms with Crippen LogP contribution in [0.5, 0.6) is 0 Å². The van der Waals surface area contributed by atoms with E-state index in [-0.39, 0.29) is 5.97 Å². The number of thiophene rings is 1. The minimum absolute atomic E-state index is 0.312. The van der Waals surface area contributed by atoms with Crippen LogP contribution in [0.4, 0.5) is 0 Å². The van der Waals surface area contributed by atoms with E-state index in [1.54, 1.807) is 23.7 Å². The largest absolute Gasteiger partial charge is 0.468 e. The number of hydrogen-bond acceptors (Lipinski definition) is 5. The highest BCUT2D eigenvalue weighted by Gasteiger charge is 2.12. The van der Waals surface area contributed by atoms with Gasteiger partial charge in [-0.2, -0.15) is 0 Å². The quantitative estimate of drug-likeness (QED) is 0.600. The molecule has 0 unspecified atom stereocenters. The predicted octanol–water partition coefficient (Wildman–Crippen LogP) is 4.33. The Balaban J connectivity index is 1.76. The van der Waals surface area contributed by atoms with Gasteiger partial charge < -0.3 is 9.15 Å². The van der Waals surface area contributed by atoms with Crippen LogP contribution in [-0.2, 0) is 24.4 Å². The van der Waals surface area contributed by atoms with Gasteiger partial charge in [-0.1, -0.05) is 18.2 Å². The molecule has 0 aliphatic rings. The first kappa shape index (κ1) is 16.5. The lowest BCUT2D eigenvalue weighted by atomic mass is 10.1. The molecule has 0 amide bonds. The van der Waals surface area contributed by atoms with Crippen molar-refractivity contribution in [1.82, 2.24) is 4.90 Å². The molecule has 0 aliphatic heterocycles. The predicted molar refractivity (Wildman–Crippen MR) is 93.8 cm³/mol. The van der Waals surface area contributed by atoms with Crippen LogP contribution in [0.2, 0.25) is 0 Å². The summed E-state index contributed by atoms with van der Waals surface area (Å²) in [7, 11) is 1.40. The van der Waals surface area contributed by atoms with Gasteiger partial charge in [-0.3, -0.25) is 4.90 Å². The van der Waals surface area contributed by atoms with Gasteiger partial charge >= 0.3 is 5.97 Å². The molecule has 1 aromatic carbocycles. The van der Waals surface area contributed by atoms with E-state index in [0.29, 0.717) is 12.1 Å². The molecule has 3 rings (SSSR count). The Kier molecular flexibility index (Phi) is 5.46. The first-order chi connectivity index (χ1) is 11.7. The fraction of sp³-hybridized carbons (Fsp3) is 0.211. The van der Waals surface area contributed by atoms with Crippen LogP contribution < -0.4 is 0 Å². The summed E-state index contributed by atoms with van der Waals surface area (Å²) in [5.41, 5.74) is 1.64. The summed E-state index contributed by atoms with van der Waals surface area (Å²) in [5, 5.41) is 2.08. The summed E-state index contributed by atoms with van der Waals surface area (Å²) >= 11 is 1.74. The Labute approximate surface area is 145 Å². The van der Waals surface area contributed by atoms with Crippen LogP contribution in [0, 0.1) is 0 Å². The first-order valence-electron chi connectivity index (χ1n) is 7.69. The second kappa shape index (κ2) is 7.95. The van der Waals surface area contributed by atoms with Gasteiger partial charge in [0.25, 0.3) is 0 Å². The van der Waals surface area contributed by atoms with Crippen LogP contribution in [0.3, 0.4) is 0 Å². The van der Waals surface area contributed by atoms with E-state index in [4.69, 9.17) is 9.15 Å². The molecular weight excluding hydrogens is 322 g/mol. The zero-order valence-electron chi connectivity index (χ0n) is 13.5. The van der Waals surface area contributed by atoms with Crippen molar-refractivity contribution in [2.45, 2.75) is 19.6 Å². The molecule has 2 aromatic heterocycles. The molecule has 5 heteroatoms. The first-order valence-corrected chi connectivity index (χ1v) is 8.57. The Morgan fingerprint density at radius 2 is 2.04 bits per heavy atom. The van der Waals surface area contributed by atoms with Crippen molar-refractivity contribution in [2.75, 3.05) is 7.11 Å². The number of nitrogens with zero attached hydrogens (tertiary/aromatic N) is 1. The topological polar surface area (TPSA) is 42.7 Å². The lowest BCUT2D eigenvalue weighted by Crippen LogP contribution is -2.22. The van der Waals surface area contributed by atoms with E-state index >= 15 is 0 Å². The zero-order valence-corrected chi connectivity index (χ0v) is 14.3. The van der Waals surface area contributed by atoms with E-state index in [9.17, 15) is 4.79 Å².